The summed E-state index contributed by atoms with van der Waals surface area (Å²) >= 11 is 6.02. The molecule has 2 aromatic heterocycles. The van der Waals surface area contributed by atoms with E-state index in [-0.39, 0.29) is 23.0 Å². The summed E-state index contributed by atoms with van der Waals surface area (Å²) in [5.41, 5.74) is 0.992. The predicted molar refractivity (Wildman–Crippen MR) is 106 cm³/mol. The Morgan fingerprint density at radius 1 is 1.25 bits per heavy atom. The van der Waals surface area contributed by atoms with Crippen LogP contribution in [0.1, 0.15) is 15.9 Å². The number of nitrogens with zero attached hydrogens (tertiary/aromatic N) is 2. The van der Waals surface area contributed by atoms with Crippen LogP contribution in [0.5, 0.6) is 0 Å². The van der Waals surface area contributed by atoms with Gasteiger partial charge in [0.2, 0.25) is 5.95 Å². The third kappa shape index (κ3) is 4.79. The highest BCUT2D eigenvalue weighted by atomic mass is 35.5. The molecular formula is C19H19ClN4O4. The molecule has 3 rings (SSSR count). The van der Waals surface area contributed by atoms with E-state index in [0.717, 1.165) is 5.56 Å². The van der Waals surface area contributed by atoms with Gasteiger partial charge in [-0.2, -0.15) is 4.98 Å². The van der Waals surface area contributed by atoms with Gasteiger partial charge in [-0.05, 0) is 29.8 Å². The van der Waals surface area contributed by atoms with Crippen molar-refractivity contribution < 1.29 is 19.1 Å². The third-order valence-corrected chi connectivity index (χ3v) is 4.05. The molecule has 0 atom stereocenters. The summed E-state index contributed by atoms with van der Waals surface area (Å²) < 4.78 is 10.4. The van der Waals surface area contributed by atoms with Gasteiger partial charge >= 0.3 is 5.97 Å². The molecule has 2 heterocycles. The Bertz CT molecular complexity index is 947. The molecule has 0 aliphatic heterocycles. The number of halogens is 1. The van der Waals surface area contributed by atoms with Crippen LogP contribution in [0, 0.1) is 0 Å². The minimum Gasteiger partial charge on any atom is -0.477 e. The average Bonchev–Trinajstić information content (AvgIpc) is 3.20. The summed E-state index contributed by atoms with van der Waals surface area (Å²) in [4.78, 5) is 20.6. The fourth-order valence-electron chi connectivity index (χ4n) is 2.56. The molecule has 0 aliphatic carbocycles. The van der Waals surface area contributed by atoms with Gasteiger partial charge in [0.05, 0.1) is 12.9 Å². The zero-order valence-electron chi connectivity index (χ0n) is 15.1. The summed E-state index contributed by atoms with van der Waals surface area (Å²) in [6, 6.07) is 10.6. The van der Waals surface area contributed by atoms with Crippen LogP contribution in [0.2, 0.25) is 5.02 Å². The number of anilines is 2. The molecule has 0 saturated heterocycles. The van der Waals surface area contributed by atoms with Gasteiger partial charge in [-0.15, -0.1) is 0 Å². The highest BCUT2D eigenvalue weighted by Gasteiger charge is 2.23. The first-order valence-corrected chi connectivity index (χ1v) is 8.86. The second-order valence-electron chi connectivity index (χ2n) is 5.80. The van der Waals surface area contributed by atoms with Gasteiger partial charge in [-0.3, -0.25) is 0 Å². The normalized spacial score (nSPS) is 10.6. The average molecular weight is 403 g/mol. The molecule has 8 nitrogen and oxygen atoms in total. The number of benzene rings is 1. The molecule has 0 fully saturated rings. The van der Waals surface area contributed by atoms with Crippen LogP contribution >= 0.6 is 11.6 Å². The molecule has 0 saturated carbocycles. The molecule has 0 unspecified atom stereocenters. The van der Waals surface area contributed by atoms with Crippen molar-refractivity contribution in [3.63, 3.8) is 0 Å². The third-order valence-electron chi connectivity index (χ3n) is 3.82. The van der Waals surface area contributed by atoms with Crippen LogP contribution < -0.4 is 10.6 Å². The van der Waals surface area contributed by atoms with E-state index in [1.165, 1.54) is 6.26 Å². The summed E-state index contributed by atoms with van der Waals surface area (Å²) in [6.07, 6.45) is 1.46. The molecule has 0 spiro atoms. The molecule has 0 amide bonds. The number of methoxy groups -OCH3 is 1. The lowest BCUT2D eigenvalue weighted by Gasteiger charge is -2.14. The van der Waals surface area contributed by atoms with E-state index >= 15 is 0 Å². The summed E-state index contributed by atoms with van der Waals surface area (Å²) in [7, 11) is 1.59. The van der Waals surface area contributed by atoms with Crippen molar-refractivity contribution in [1.82, 2.24) is 9.97 Å². The lowest BCUT2D eigenvalue weighted by atomic mass is 10.1. The van der Waals surface area contributed by atoms with Crippen LogP contribution in [-0.2, 0) is 11.3 Å². The number of hydrogen-bond acceptors (Lipinski definition) is 7. The Kier molecular flexibility index (Phi) is 6.46. The van der Waals surface area contributed by atoms with Gasteiger partial charge in [-0.1, -0.05) is 23.7 Å². The molecule has 0 bridgehead atoms. The van der Waals surface area contributed by atoms with E-state index < -0.39 is 5.97 Å². The van der Waals surface area contributed by atoms with Crippen molar-refractivity contribution in [2.45, 2.75) is 6.54 Å². The van der Waals surface area contributed by atoms with Crippen molar-refractivity contribution in [3.8, 4) is 11.5 Å². The van der Waals surface area contributed by atoms with E-state index in [1.807, 2.05) is 12.1 Å². The number of carboxylic acids is 1. The molecule has 0 aliphatic rings. The highest BCUT2D eigenvalue weighted by Crippen LogP contribution is 2.29. The number of rotatable bonds is 9. The minimum atomic E-state index is -1.16. The van der Waals surface area contributed by atoms with Gasteiger partial charge in [0.15, 0.2) is 5.76 Å². The van der Waals surface area contributed by atoms with Gasteiger partial charge in [0.1, 0.15) is 17.1 Å². The molecule has 9 heteroatoms. The zero-order chi connectivity index (χ0) is 19.9. The monoisotopic (exact) mass is 402 g/mol. The number of hydrogen-bond donors (Lipinski definition) is 3. The fraction of sp³-hybridized carbons (Fsp3) is 0.211. The summed E-state index contributed by atoms with van der Waals surface area (Å²) in [5.74, 6) is -0.389. The molecule has 28 heavy (non-hydrogen) atoms. The number of carboxylic acid groups (broad SMARTS) is 1. The predicted octanol–water partition coefficient (Wildman–Crippen LogP) is 3.76. The van der Waals surface area contributed by atoms with Crippen molar-refractivity contribution in [1.29, 1.82) is 0 Å². The Morgan fingerprint density at radius 2 is 2.11 bits per heavy atom. The molecule has 3 N–H and O–H groups in total. The quantitative estimate of drug-likeness (QED) is 0.464. The molecule has 3 aromatic rings. The number of carbonyl (C=O) groups is 1. The first kappa shape index (κ1) is 19.7. The maximum Gasteiger partial charge on any atom is 0.341 e. The summed E-state index contributed by atoms with van der Waals surface area (Å²) in [6.45, 7) is 1.26. The maximum atomic E-state index is 12.0. The van der Waals surface area contributed by atoms with E-state index in [0.29, 0.717) is 30.5 Å². The summed E-state index contributed by atoms with van der Waals surface area (Å²) in [5, 5.41) is 16.5. The smallest absolute Gasteiger partial charge is 0.341 e. The van der Waals surface area contributed by atoms with E-state index in [1.54, 1.807) is 31.4 Å². The Hall–Kier alpha value is -3.10. The van der Waals surface area contributed by atoms with Crippen molar-refractivity contribution in [3.05, 3.63) is 58.8 Å². The highest BCUT2D eigenvalue weighted by molar-refractivity contribution is 6.30. The fourth-order valence-corrected chi connectivity index (χ4v) is 2.77. The Morgan fingerprint density at radius 3 is 2.79 bits per heavy atom. The van der Waals surface area contributed by atoms with E-state index in [2.05, 4.69) is 20.6 Å². The first-order chi connectivity index (χ1) is 13.6. The van der Waals surface area contributed by atoms with Gasteiger partial charge in [-0.25, -0.2) is 9.78 Å². The van der Waals surface area contributed by atoms with E-state index in [9.17, 15) is 9.90 Å². The zero-order valence-corrected chi connectivity index (χ0v) is 15.9. The van der Waals surface area contributed by atoms with Gasteiger partial charge in [0.25, 0.3) is 0 Å². The largest absolute Gasteiger partial charge is 0.477 e. The number of furan rings is 1. The second-order valence-corrected chi connectivity index (χ2v) is 6.24. The second kappa shape index (κ2) is 9.20. The Balaban J connectivity index is 1.98. The maximum absolute atomic E-state index is 12.0. The SMILES string of the molecule is COCCNc1nc(NCc2cccc(Cl)c2)c(C(=O)O)c(-c2ccco2)n1. The van der Waals surface area contributed by atoms with Crippen LogP contribution in [0.4, 0.5) is 11.8 Å². The first-order valence-electron chi connectivity index (χ1n) is 8.49. The number of nitrogens with one attached hydrogen (secondary N) is 2. The van der Waals surface area contributed by atoms with Crippen molar-refractivity contribution in [2.24, 2.45) is 0 Å². The van der Waals surface area contributed by atoms with Crippen LogP contribution in [0.15, 0.2) is 47.1 Å². The number of aromatic nitrogens is 2. The van der Waals surface area contributed by atoms with Crippen LogP contribution in [0.3, 0.4) is 0 Å². The lowest BCUT2D eigenvalue weighted by Crippen LogP contribution is -2.16. The molecule has 146 valence electrons. The van der Waals surface area contributed by atoms with Crippen molar-refractivity contribution >= 4 is 29.3 Å². The van der Waals surface area contributed by atoms with Gasteiger partial charge in [0, 0.05) is 25.2 Å². The van der Waals surface area contributed by atoms with Gasteiger partial charge < -0.3 is 24.9 Å². The van der Waals surface area contributed by atoms with Crippen LogP contribution in [-0.4, -0.2) is 41.3 Å². The molecular weight excluding hydrogens is 384 g/mol. The standard InChI is InChI=1S/C19H19ClN4O4/c1-27-9-7-21-19-23-16(14-6-3-8-28-14)15(18(25)26)17(24-19)22-11-12-4-2-5-13(20)10-12/h2-6,8,10H,7,9,11H2,1H3,(H,25,26)(H2,21,22,23,24). The number of aromatic carboxylic acids is 1. The van der Waals surface area contributed by atoms with E-state index in [4.69, 9.17) is 20.8 Å². The van der Waals surface area contributed by atoms with Crippen molar-refractivity contribution in [2.75, 3.05) is 30.9 Å². The molecule has 1 aromatic carbocycles. The topological polar surface area (TPSA) is 110 Å². The van der Waals surface area contributed by atoms with Crippen LogP contribution in [0.25, 0.3) is 11.5 Å². The minimum absolute atomic E-state index is 0.0748. The number of ether oxygens (including phenoxy) is 1. The lowest BCUT2D eigenvalue weighted by molar-refractivity contribution is 0.0697. The molecule has 0 radical (unpaired) electrons. The Labute approximate surface area is 166 Å².